The van der Waals surface area contributed by atoms with Crippen LogP contribution in [0.25, 0.3) is 33.4 Å². The Bertz CT molecular complexity index is 5150. The van der Waals surface area contributed by atoms with Crippen molar-refractivity contribution < 1.29 is 37.0 Å². The van der Waals surface area contributed by atoms with Crippen LogP contribution in [-0.4, -0.2) is 91.4 Å². The van der Waals surface area contributed by atoms with E-state index in [0.717, 1.165) is 166 Å². The first kappa shape index (κ1) is 86.2. The predicted octanol–water partition coefficient (Wildman–Crippen LogP) is 23.5. The third-order valence-electron chi connectivity index (χ3n) is 22.2. The van der Waals surface area contributed by atoms with E-state index in [4.69, 9.17) is 67.5 Å². The Morgan fingerprint density at radius 3 is 1.31 bits per heavy atom. The van der Waals surface area contributed by atoms with E-state index in [-0.39, 0.29) is 48.5 Å². The van der Waals surface area contributed by atoms with Crippen LogP contribution in [-0.2, 0) is 59.7 Å². The molecule has 1 saturated carbocycles. The van der Waals surface area contributed by atoms with Gasteiger partial charge in [0.05, 0.1) is 56.7 Å². The Kier molecular flexibility index (Phi) is 29.1. The highest BCUT2D eigenvalue weighted by atomic mass is 35.5. The van der Waals surface area contributed by atoms with Crippen molar-refractivity contribution in [3.05, 3.63) is 309 Å². The van der Waals surface area contributed by atoms with Crippen LogP contribution in [0.3, 0.4) is 0 Å². The molecule has 3 aliphatic heterocycles. The smallest absolute Gasteiger partial charge is 0.360 e. The molecule has 118 heavy (non-hydrogen) atoms. The summed E-state index contributed by atoms with van der Waals surface area (Å²) in [6.45, 7) is 8.09. The molecule has 3 saturated heterocycles. The number of nitrogens with zero attached hydrogens (tertiary/aromatic N) is 6. The molecule has 4 fully saturated rings. The maximum atomic E-state index is 13.3. The first-order valence-corrected chi connectivity index (χ1v) is 42.7. The Balaban J connectivity index is 0.000000153. The minimum absolute atomic E-state index is 0.0824. The van der Waals surface area contributed by atoms with Crippen LogP contribution in [0.15, 0.2) is 235 Å². The number of hydrogen-bond acceptors (Lipinski definition) is 13. The van der Waals surface area contributed by atoms with Crippen LogP contribution in [0.1, 0.15) is 114 Å². The first-order chi connectivity index (χ1) is 57.0. The normalized spacial score (nSPS) is 15.8. The highest BCUT2D eigenvalue weighted by molar-refractivity contribution is 7.09. The molecule has 0 atom stereocenters. The molecule has 0 spiro atoms. The van der Waals surface area contributed by atoms with Gasteiger partial charge in [0.2, 0.25) is 17.7 Å². The standard InChI is InChI=1S/C32H31ClF3N3O.2C31H27Cl2N3O2S/c33-29-11-10-27(19-28(29)32(34,35)36)38-30(40)12-13-31(14-16-39(17-15-31)21-22-4-5-22)26-8-6-24(7-9-26)25-3-1-2-23(18-25)20-37;32-26-16-27(33)18-28(17-26)35-30(37)21-38-31(10-12-36(13-11-31)20-29-5-2-14-39-29)25-8-6-23(7-9-25)24-4-1-3-22(15-24)19-34;32-27-15-28(33)17-29(16-27)35-30(37)20-38-31(9-11-36(12-10-31)19-23-8-13-39-21-23)26-6-4-24(5-7-26)25-3-1-2-22(14-25)18-34/h1-3,6-11,18-19,22H,4-5,12-17,21H2,(H,38,40);1-9,14-18H,10-13,20-21H2,(H,35,37);1-8,13-17,21H,9-12,19-20H2,(H,35,37). The van der Waals surface area contributed by atoms with Gasteiger partial charge in [0.15, 0.2) is 0 Å². The van der Waals surface area contributed by atoms with Crippen LogP contribution < -0.4 is 16.0 Å². The monoisotopic (exact) mass is 1720 g/mol. The first-order valence-electron chi connectivity index (χ1n) is 39.0. The zero-order valence-corrected chi connectivity index (χ0v) is 69.9. The summed E-state index contributed by atoms with van der Waals surface area (Å²) in [6, 6.07) is 73.9. The summed E-state index contributed by atoms with van der Waals surface area (Å²) >= 11 is 33.5. The van der Waals surface area contributed by atoms with Crippen LogP contribution in [0, 0.1) is 39.9 Å². The average Bonchev–Trinajstić information content (AvgIpc) is 0.909. The highest BCUT2D eigenvalue weighted by Gasteiger charge is 2.42. The van der Waals surface area contributed by atoms with Gasteiger partial charge in [-0.1, -0.05) is 173 Å². The van der Waals surface area contributed by atoms with E-state index in [1.54, 1.807) is 77.3 Å². The van der Waals surface area contributed by atoms with Crippen LogP contribution in [0.4, 0.5) is 30.2 Å². The third kappa shape index (κ3) is 23.4. The predicted molar refractivity (Wildman–Crippen MR) is 467 cm³/mol. The van der Waals surface area contributed by atoms with Crippen molar-refractivity contribution in [2.45, 2.75) is 100 Å². The summed E-state index contributed by atoms with van der Waals surface area (Å²) in [7, 11) is 0. The number of amides is 3. The number of ether oxygens (including phenoxy) is 2. The lowest BCUT2D eigenvalue weighted by Gasteiger charge is -2.42. The van der Waals surface area contributed by atoms with Gasteiger partial charge in [-0.05, 0) is 257 Å². The van der Waals surface area contributed by atoms with Crippen molar-refractivity contribution in [3.8, 4) is 51.6 Å². The number of hydrogen-bond donors (Lipinski definition) is 3. The number of likely N-dealkylation sites (tertiary alicyclic amines) is 3. The second-order valence-electron chi connectivity index (χ2n) is 30.3. The van der Waals surface area contributed by atoms with E-state index in [2.05, 4.69) is 156 Å². The molecule has 604 valence electrons. The van der Waals surface area contributed by atoms with Gasteiger partial charge < -0.3 is 30.3 Å². The molecule has 15 rings (SSSR count). The number of benzene rings is 9. The molecular weight excluding hydrogens is 1630 g/mol. The molecule has 4 aliphatic rings. The maximum Gasteiger partial charge on any atom is 0.417 e. The molecule has 5 heterocycles. The summed E-state index contributed by atoms with van der Waals surface area (Å²) in [6.07, 6.45) is 3.66. The summed E-state index contributed by atoms with van der Waals surface area (Å²) in [4.78, 5) is 47.4. The lowest BCUT2D eigenvalue weighted by molar-refractivity contribution is -0.137. The van der Waals surface area contributed by atoms with Crippen molar-refractivity contribution >= 4 is 115 Å². The molecule has 11 aromatic rings. The number of thiophene rings is 2. The molecule has 0 bridgehead atoms. The fourth-order valence-electron chi connectivity index (χ4n) is 15.7. The molecule has 2 aromatic heterocycles. The third-order valence-corrected chi connectivity index (χ3v) is 25.0. The van der Waals surface area contributed by atoms with E-state index in [1.165, 1.54) is 29.3 Å². The summed E-state index contributed by atoms with van der Waals surface area (Å²) in [5.74, 6) is -0.0418. The Hall–Kier alpha value is -9.70. The molecule has 0 radical (unpaired) electrons. The van der Waals surface area contributed by atoms with E-state index >= 15 is 0 Å². The number of carbonyl (C=O) groups excluding carboxylic acids is 3. The summed E-state index contributed by atoms with van der Waals surface area (Å²) in [5, 5.41) is 43.9. The lowest BCUT2D eigenvalue weighted by Crippen LogP contribution is -2.45. The molecule has 14 nitrogen and oxygen atoms in total. The number of alkyl halides is 3. The lowest BCUT2D eigenvalue weighted by atomic mass is 9.69. The van der Waals surface area contributed by atoms with Gasteiger partial charge in [-0.25, -0.2) is 0 Å². The van der Waals surface area contributed by atoms with Gasteiger partial charge in [0, 0.05) is 94.3 Å². The fraction of sp³-hybridized carbons (Fsp3) is 0.277. The van der Waals surface area contributed by atoms with Crippen molar-refractivity contribution in [2.75, 3.05) is 75.0 Å². The van der Waals surface area contributed by atoms with Crippen molar-refractivity contribution in [1.82, 2.24) is 14.7 Å². The van der Waals surface area contributed by atoms with E-state index in [1.807, 2.05) is 54.6 Å². The molecule has 3 amide bonds. The summed E-state index contributed by atoms with van der Waals surface area (Å²) in [5.41, 5.74) is 11.2. The maximum absolute atomic E-state index is 13.3. The number of piperidine rings is 3. The summed E-state index contributed by atoms with van der Waals surface area (Å²) < 4.78 is 52.7. The van der Waals surface area contributed by atoms with Crippen molar-refractivity contribution in [3.63, 3.8) is 0 Å². The number of halogens is 8. The Morgan fingerprint density at radius 2 is 0.898 bits per heavy atom. The Morgan fingerprint density at radius 1 is 0.458 bits per heavy atom. The van der Waals surface area contributed by atoms with Crippen LogP contribution in [0.2, 0.25) is 25.1 Å². The molecular formula is C94H85Cl5F3N9O5S2. The zero-order chi connectivity index (χ0) is 82.8. The number of rotatable bonds is 24. The number of anilines is 3. The number of carbonyl (C=O) groups is 3. The van der Waals surface area contributed by atoms with Gasteiger partial charge in [-0.2, -0.15) is 40.3 Å². The SMILES string of the molecule is N#Cc1cccc(-c2ccc(C3(CCC(=O)Nc4ccc(Cl)c(C(F)(F)F)c4)CCN(CC4CC4)CC3)cc2)c1.N#Cc1cccc(-c2ccc(C3(OCC(=O)Nc4cc(Cl)cc(Cl)c4)CCN(Cc4cccs4)CC3)cc2)c1.N#Cc1cccc(-c2ccc(C3(OCC(=O)Nc4cc(Cl)cc(Cl)c4)CCN(Cc4ccsc4)CC3)cc2)c1. The van der Waals surface area contributed by atoms with E-state index < -0.39 is 28.0 Å². The van der Waals surface area contributed by atoms with Gasteiger partial charge in [-0.15, -0.1) is 11.3 Å². The topological polar surface area (TPSA) is 187 Å². The number of nitriles is 3. The zero-order valence-electron chi connectivity index (χ0n) is 64.5. The highest BCUT2D eigenvalue weighted by Crippen LogP contribution is 2.45. The van der Waals surface area contributed by atoms with Gasteiger partial charge in [0.1, 0.15) is 13.2 Å². The molecule has 1 aliphatic carbocycles. The molecule has 3 N–H and O–H groups in total. The van der Waals surface area contributed by atoms with Crippen molar-refractivity contribution in [1.29, 1.82) is 15.8 Å². The van der Waals surface area contributed by atoms with E-state index in [0.29, 0.717) is 54.6 Å². The van der Waals surface area contributed by atoms with Gasteiger partial charge in [0.25, 0.3) is 0 Å². The molecule has 24 heteroatoms. The van der Waals surface area contributed by atoms with Gasteiger partial charge >= 0.3 is 6.18 Å². The van der Waals surface area contributed by atoms with Crippen LogP contribution >= 0.6 is 80.7 Å². The van der Waals surface area contributed by atoms with Gasteiger partial charge in [-0.3, -0.25) is 24.2 Å². The Labute approximate surface area is 719 Å². The average molecular weight is 1720 g/mol. The largest absolute Gasteiger partial charge is 0.417 e. The second-order valence-corrected chi connectivity index (χ2v) is 34.3. The fourth-order valence-corrected chi connectivity index (χ4v) is 18.3. The molecule has 0 unspecified atom stereocenters. The minimum atomic E-state index is -4.60. The number of nitrogens with one attached hydrogen (secondary N) is 3. The minimum Gasteiger partial charge on any atom is -0.360 e. The molecule has 9 aromatic carbocycles. The quantitative estimate of drug-likeness (QED) is 0.0522. The van der Waals surface area contributed by atoms with E-state index in [9.17, 15) is 43.3 Å². The van der Waals surface area contributed by atoms with Crippen LogP contribution in [0.5, 0.6) is 0 Å². The van der Waals surface area contributed by atoms with Crippen molar-refractivity contribution in [2.24, 2.45) is 5.92 Å². The second kappa shape index (κ2) is 39.9.